The molecule has 2 aromatic heterocycles. The lowest BCUT2D eigenvalue weighted by atomic mass is 9.95. The number of hydrogen-bond acceptors (Lipinski definition) is 4. The van der Waals surface area contributed by atoms with Crippen molar-refractivity contribution in [2.75, 3.05) is 6.54 Å². The first-order chi connectivity index (χ1) is 14.6. The molecule has 4 aromatic rings. The molecule has 1 atom stereocenters. The molecule has 3 heterocycles. The van der Waals surface area contributed by atoms with Crippen LogP contribution in [0.4, 0.5) is 0 Å². The minimum atomic E-state index is -0.668. The summed E-state index contributed by atoms with van der Waals surface area (Å²) in [6.45, 7) is 2.70. The number of nitrogens with zero attached hydrogens (tertiary/aromatic N) is 1. The Bertz CT molecular complexity index is 1360. The Morgan fingerprint density at radius 3 is 2.60 bits per heavy atom. The third kappa shape index (κ3) is 2.78. The number of H-pyrrole nitrogens is 2. The summed E-state index contributed by atoms with van der Waals surface area (Å²) < 4.78 is 1.15. The number of hydrogen-bond donors (Lipinski definition) is 4. The highest BCUT2D eigenvalue weighted by atomic mass is 16.3. The van der Waals surface area contributed by atoms with Gasteiger partial charge in [0.2, 0.25) is 5.88 Å². The van der Waals surface area contributed by atoms with Gasteiger partial charge >= 0.3 is 5.69 Å². The molecule has 0 amide bonds. The van der Waals surface area contributed by atoms with Crippen LogP contribution >= 0.6 is 0 Å². The third-order valence-corrected chi connectivity index (χ3v) is 5.87. The summed E-state index contributed by atoms with van der Waals surface area (Å²) in [5.41, 5.74) is 3.43. The lowest BCUT2D eigenvalue weighted by molar-refractivity contribution is 0.409. The minimum absolute atomic E-state index is 0.127. The summed E-state index contributed by atoms with van der Waals surface area (Å²) in [6, 6.07) is 14.8. The van der Waals surface area contributed by atoms with Crippen LogP contribution in [0.3, 0.4) is 0 Å². The van der Waals surface area contributed by atoms with Gasteiger partial charge in [0.15, 0.2) is 0 Å². The van der Waals surface area contributed by atoms with Gasteiger partial charge in [-0.1, -0.05) is 37.3 Å². The number of nitrogens with one attached hydrogen (secondary N) is 3. The molecule has 0 saturated heterocycles. The van der Waals surface area contributed by atoms with Crippen molar-refractivity contribution in [2.24, 2.45) is 0 Å². The van der Waals surface area contributed by atoms with E-state index >= 15 is 0 Å². The molecular formula is C23H22N4O3. The fourth-order valence-corrected chi connectivity index (χ4v) is 4.35. The second kappa shape index (κ2) is 7.03. The van der Waals surface area contributed by atoms with Crippen LogP contribution in [0.1, 0.15) is 35.3 Å². The number of aromatic nitrogens is 3. The molecule has 7 heteroatoms. The highest BCUT2D eigenvalue weighted by Crippen LogP contribution is 2.35. The van der Waals surface area contributed by atoms with Gasteiger partial charge in [0.25, 0.3) is 5.56 Å². The van der Waals surface area contributed by atoms with Crippen LogP contribution in [0.2, 0.25) is 0 Å². The van der Waals surface area contributed by atoms with E-state index in [2.05, 4.69) is 15.3 Å². The van der Waals surface area contributed by atoms with E-state index in [1.165, 1.54) is 0 Å². The zero-order valence-corrected chi connectivity index (χ0v) is 16.5. The van der Waals surface area contributed by atoms with Crippen LogP contribution in [-0.4, -0.2) is 26.2 Å². The SMILES string of the molecule is CCc1ccc(-n2c(O)c([C@H]3NCCc4c3[nH]c3ccccc43)c(=O)[nH]c2=O)cc1. The van der Waals surface area contributed by atoms with Crippen molar-refractivity contribution in [2.45, 2.75) is 25.8 Å². The highest BCUT2D eigenvalue weighted by molar-refractivity contribution is 5.85. The summed E-state index contributed by atoms with van der Waals surface area (Å²) in [6.07, 6.45) is 1.68. The van der Waals surface area contributed by atoms with Crippen LogP contribution in [0.15, 0.2) is 58.1 Å². The summed E-state index contributed by atoms with van der Waals surface area (Å²) in [7, 11) is 0. The predicted molar refractivity (Wildman–Crippen MR) is 116 cm³/mol. The fourth-order valence-electron chi connectivity index (χ4n) is 4.35. The van der Waals surface area contributed by atoms with Crippen molar-refractivity contribution in [1.82, 2.24) is 19.9 Å². The summed E-state index contributed by atoms with van der Waals surface area (Å²) in [5, 5.41) is 15.5. The Balaban J connectivity index is 1.71. The molecule has 1 aliphatic heterocycles. The fraction of sp³-hybridized carbons (Fsp3) is 0.217. The van der Waals surface area contributed by atoms with Gasteiger partial charge in [-0.2, -0.15) is 0 Å². The number of aromatic hydroxyl groups is 1. The topological polar surface area (TPSA) is 103 Å². The average Bonchev–Trinajstić information content (AvgIpc) is 3.13. The molecule has 4 N–H and O–H groups in total. The number of para-hydroxylation sites is 1. The van der Waals surface area contributed by atoms with Gasteiger partial charge in [-0.15, -0.1) is 0 Å². The molecule has 0 radical (unpaired) electrons. The molecule has 1 aliphatic rings. The van der Waals surface area contributed by atoms with E-state index in [9.17, 15) is 14.7 Å². The lowest BCUT2D eigenvalue weighted by Crippen LogP contribution is -2.38. The molecule has 0 fully saturated rings. The summed E-state index contributed by atoms with van der Waals surface area (Å²) >= 11 is 0. The molecule has 0 aliphatic carbocycles. The lowest BCUT2D eigenvalue weighted by Gasteiger charge is -2.25. The molecular weight excluding hydrogens is 380 g/mol. The highest BCUT2D eigenvalue weighted by Gasteiger charge is 2.31. The maximum absolute atomic E-state index is 12.8. The molecule has 0 unspecified atom stereocenters. The van der Waals surface area contributed by atoms with Gasteiger partial charge in [-0.05, 0) is 42.2 Å². The van der Waals surface area contributed by atoms with Crippen LogP contribution in [0.5, 0.6) is 5.88 Å². The normalized spacial score (nSPS) is 16.0. The molecule has 0 spiro atoms. The first kappa shape index (κ1) is 18.4. The maximum Gasteiger partial charge on any atom is 0.335 e. The molecule has 0 saturated carbocycles. The Labute approximate surface area is 172 Å². The van der Waals surface area contributed by atoms with Crippen LogP contribution in [-0.2, 0) is 12.8 Å². The molecule has 30 heavy (non-hydrogen) atoms. The van der Waals surface area contributed by atoms with E-state index in [1.54, 1.807) is 12.1 Å². The van der Waals surface area contributed by atoms with Crippen LogP contribution < -0.4 is 16.6 Å². The first-order valence-corrected chi connectivity index (χ1v) is 10.1. The first-order valence-electron chi connectivity index (χ1n) is 10.1. The standard InChI is InChI=1S/C23H22N4O3/c1-2-13-7-9-14(10-8-13)27-22(29)18(21(28)26-23(27)30)20-19-16(11-12-24-20)15-5-3-4-6-17(15)25-19/h3-10,20,24-25,29H,2,11-12H2,1H3,(H,26,28,30)/t20-/m1/s1. The van der Waals surface area contributed by atoms with E-state index < -0.39 is 17.3 Å². The molecule has 2 aromatic carbocycles. The smallest absolute Gasteiger partial charge is 0.335 e. The zero-order valence-electron chi connectivity index (χ0n) is 16.5. The van der Waals surface area contributed by atoms with Crippen molar-refractivity contribution in [1.29, 1.82) is 0 Å². The second-order valence-corrected chi connectivity index (χ2v) is 7.55. The number of fused-ring (bicyclic) bond motifs is 3. The van der Waals surface area contributed by atoms with Crippen molar-refractivity contribution in [3.05, 3.63) is 91.8 Å². The Morgan fingerprint density at radius 1 is 1.07 bits per heavy atom. The van der Waals surface area contributed by atoms with E-state index in [0.717, 1.165) is 45.1 Å². The van der Waals surface area contributed by atoms with Crippen LogP contribution in [0, 0.1) is 0 Å². The number of aromatic amines is 2. The molecule has 5 rings (SSSR count). The van der Waals surface area contributed by atoms with Crippen molar-refractivity contribution in [3.63, 3.8) is 0 Å². The monoisotopic (exact) mass is 402 g/mol. The molecule has 7 nitrogen and oxygen atoms in total. The minimum Gasteiger partial charge on any atom is -0.494 e. The van der Waals surface area contributed by atoms with Crippen molar-refractivity contribution in [3.8, 4) is 11.6 Å². The van der Waals surface area contributed by atoms with Gasteiger partial charge in [0, 0.05) is 23.1 Å². The Hall–Kier alpha value is -3.58. The third-order valence-electron chi connectivity index (χ3n) is 5.87. The summed E-state index contributed by atoms with van der Waals surface area (Å²) in [4.78, 5) is 31.1. The number of rotatable bonds is 3. The van der Waals surface area contributed by atoms with Gasteiger partial charge in [-0.25, -0.2) is 9.36 Å². The number of aryl methyl sites for hydroxylation is 1. The van der Waals surface area contributed by atoms with Gasteiger partial charge in [-0.3, -0.25) is 9.78 Å². The van der Waals surface area contributed by atoms with E-state index in [-0.39, 0.29) is 11.4 Å². The second-order valence-electron chi connectivity index (χ2n) is 7.55. The number of benzene rings is 2. The van der Waals surface area contributed by atoms with Crippen LogP contribution in [0.25, 0.3) is 16.6 Å². The van der Waals surface area contributed by atoms with Crippen molar-refractivity contribution >= 4 is 10.9 Å². The zero-order chi connectivity index (χ0) is 20.8. The molecule has 0 bridgehead atoms. The quantitative estimate of drug-likeness (QED) is 0.423. The van der Waals surface area contributed by atoms with Gasteiger partial charge in [0.05, 0.1) is 11.7 Å². The maximum atomic E-state index is 12.8. The van der Waals surface area contributed by atoms with E-state index in [1.807, 2.05) is 43.3 Å². The average molecular weight is 402 g/mol. The Kier molecular flexibility index (Phi) is 4.33. The van der Waals surface area contributed by atoms with Gasteiger partial charge < -0.3 is 15.4 Å². The van der Waals surface area contributed by atoms with E-state index in [4.69, 9.17) is 0 Å². The summed E-state index contributed by atoms with van der Waals surface area (Å²) in [5.74, 6) is -0.350. The predicted octanol–water partition coefficient (Wildman–Crippen LogP) is 2.51. The van der Waals surface area contributed by atoms with E-state index in [0.29, 0.717) is 12.2 Å². The van der Waals surface area contributed by atoms with Crippen molar-refractivity contribution < 1.29 is 5.11 Å². The Morgan fingerprint density at radius 2 is 1.83 bits per heavy atom. The van der Waals surface area contributed by atoms with Gasteiger partial charge in [0.1, 0.15) is 5.56 Å². The largest absolute Gasteiger partial charge is 0.494 e. The molecule has 152 valence electrons.